The molecular weight excluding hydrogens is 192 g/mol. The van der Waals surface area contributed by atoms with Crippen molar-refractivity contribution in [3.05, 3.63) is 23.9 Å². The van der Waals surface area contributed by atoms with Gasteiger partial charge in [0.1, 0.15) is 0 Å². The van der Waals surface area contributed by atoms with Gasteiger partial charge in [-0.2, -0.15) is 0 Å². The minimum absolute atomic E-state index is 0.347. The van der Waals surface area contributed by atoms with E-state index in [9.17, 15) is 4.79 Å². The van der Waals surface area contributed by atoms with Crippen LogP contribution in [0.4, 0.5) is 4.79 Å². The van der Waals surface area contributed by atoms with Crippen molar-refractivity contribution >= 4 is 6.09 Å². The molecule has 0 saturated carbocycles. The van der Waals surface area contributed by atoms with E-state index in [4.69, 9.17) is 4.74 Å². The van der Waals surface area contributed by atoms with E-state index in [0.717, 1.165) is 5.56 Å². The van der Waals surface area contributed by atoms with Crippen molar-refractivity contribution in [2.45, 2.75) is 19.8 Å². The highest BCUT2D eigenvalue weighted by Crippen LogP contribution is 2.17. The Morgan fingerprint density at radius 2 is 2.13 bits per heavy atom. The molecular formula is C11H16N2O2. The number of pyridine rings is 1. The second kappa shape index (κ2) is 4.77. The highest BCUT2D eigenvalue weighted by atomic mass is 16.6. The van der Waals surface area contributed by atoms with Crippen molar-refractivity contribution in [2.75, 3.05) is 14.1 Å². The van der Waals surface area contributed by atoms with Crippen LogP contribution in [-0.4, -0.2) is 30.1 Å². The maximum Gasteiger partial charge on any atom is 0.416 e. The van der Waals surface area contributed by atoms with E-state index in [1.165, 1.54) is 4.90 Å². The summed E-state index contributed by atoms with van der Waals surface area (Å²) in [5.74, 6) is 0.740. The van der Waals surface area contributed by atoms with E-state index in [2.05, 4.69) is 18.8 Å². The molecule has 0 saturated heterocycles. The standard InChI is InChI=1S/C11H16N2O2/c1-8(2)9-5-6-12-10(7-9)15-11(14)13(3)4/h5-8H,1-4H3. The van der Waals surface area contributed by atoms with Crippen molar-refractivity contribution in [1.29, 1.82) is 0 Å². The summed E-state index contributed by atoms with van der Waals surface area (Å²) < 4.78 is 5.04. The number of carbonyl (C=O) groups is 1. The Kier molecular flexibility index (Phi) is 3.66. The molecule has 0 spiro atoms. The average molecular weight is 208 g/mol. The van der Waals surface area contributed by atoms with E-state index in [0.29, 0.717) is 11.8 Å². The fourth-order valence-corrected chi connectivity index (χ4v) is 1.02. The van der Waals surface area contributed by atoms with Gasteiger partial charge in [0.2, 0.25) is 5.88 Å². The summed E-state index contributed by atoms with van der Waals surface area (Å²) in [7, 11) is 3.27. The van der Waals surface area contributed by atoms with Crippen LogP contribution < -0.4 is 4.74 Å². The first kappa shape index (κ1) is 11.5. The van der Waals surface area contributed by atoms with Crippen LogP contribution in [0.25, 0.3) is 0 Å². The predicted molar refractivity (Wildman–Crippen MR) is 58.0 cm³/mol. The summed E-state index contributed by atoms with van der Waals surface area (Å²) in [5, 5.41) is 0. The molecule has 0 fully saturated rings. The number of rotatable bonds is 2. The number of amides is 1. The van der Waals surface area contributed by atoms with Crippen molar-refractivity contribution in [2.24, 2.45) is 0 Å². The van der Waals surface area contributed by atoms with Crippen LogP contribution in [0.2, 0.25) is 0 Å². The molecule has 0 radical (unpaired) electrons. The van der Waals surface area contributed by atoms with Crippen LogP contribution in [0.3, 0.4) is 0 Å². The van der Waals surface area contributed by atoms with Gasteiger partial charge in [0.05, 0.1) is 0 Å². The highest BCUT2D eigenvalue weighted by Gasteiger charge is 2.08. The second-order valence-corrected chi connectivity index (χ2v) is 3.84. The van der Waals surface area contributed by atoms with E-state index in [1.54, 1.807) is 26.4 Å². The SMILES string of the molecule is CC(C)c1ccnc(OC(=O)N(C)C)c1. The van der Waals surface area contributed by atoms with Gasteiger partial charge in [-0.25, -0.2) is 9.78 Å². The molecule has 1 aromatic heterocycles. The number of carbonyl (C=O) groups excluding carboxylic acids is 1. The molecule has 0 aromatic carbocycles. The minimum atomic E-state index is -0.414. The molecule has 0 aliphatic heterocycles. The van der Waals surface area contributed by atoms with Crippen LogP contribution in [0, 0.1) is 0 Å². The van der Waals surface area contributed by atoms with Gasteiger partial charge in [-0.3, -0.25) is 0 Å². The molecule has 4 nitrogen and oxygen atoms in total. The van der Waals surface area contributed by atoms with Crippen LogP contribution in [0.1, 0.15) is 25.3 Å². The molecule has 0 unspecified atom stereocenters. The van der Waals surface area contributed by atoms with Gasteiger partial charge in [-0.05, 0) is 17.5 Å². The maximum absolute atomic E-state index is 11.3. The van der Waals surface area contributed by atoms with Gasteiger partial charge >= 0.3 is 6.09 Å². The molecule has 0 atom stereocenters. The van der Waals surface area contributed by atoms with Gasteiger partial charge in [0, 0.05) is 26.4 Å². The number of nitrogens with zero attached hydrogens (tertiary/aromatic N) is 2. The van der Waals surface area contributed by atoms with E-state index in [-0.39, 0.29) is 0 Å². The van der Waals surface area contributed by atoms with Crippen molar-refractivity contribution in [3.63, 3.8) is 0 Å². The first-order chi connectivity index (χ1) is 7.00. The van der Waals surface area contributed by atoms with E-state index < -0.39 is 6.09 Å². The Morgan fingerprint density at radius 3 is 2.67 bits per heavy atom. The summed E-state index contributed by atoms with van der Waals surface area (Å²) in [6, 6.07) is 3.70. The molecule has 1 heterocycles. The monoisotopic (exact) mass is 208 g/mol. The highest BCUT2D eigenvalue weighted by molar-refractivity contribution is 5.69. The maximum atomic E-state index is 11.3. The van der Waals surface area contributed by atoms with Gasteiger partial charge in [0.15, 0.2) is 0 Å². The lowest BCUT2D eigenvalue weighted by Gasteiger charge is -2.11. The molecule has 1 amide bonds. The average Bonchev–Trinajstić information content (AvgIpc) is 2.18. The molecule has 4 heteroatoms. The Hall–Kier alpha value is -1.58. The summed E-state index contributed by atoms with van der Waals surface area (Å²) in [5.41, 5.74) is 1.10. The Morgan fingerprint density at radius 1 is 1.47 bits per heavy atom. The zero-order valence-electron chi connectivity index (χ0n) is 9.52. The first-order valence-electron chi connectivity index (χ1n) is 4.85. The quantitative estimate of drug-likeness (QED) is 0.748. The molecule has 1 rings (SSSR count). The third kappa shape index (κ3) is 3.23. The molecule has 0 aliphatic carbocycles. The molecule has 15 heavy (non-hydrogen) atoms. The predicted octanol–water partition coefficient (Wildman–Crippen LogP) is 2.27. The topological polar surface area (TPSA) is 42.4 Å². The van der Waals surface area contributed by atoms with E-state index in [1.807, 2.05) is 6.07 Å². The third-order valence-electron chi connectivity index (χ3n) is 1.98. The van der Waals surface area contributed by atoms with Gasteiger partial charge in [-0.1, -0.05) is 13.8 Å². The van der Waals surface area contributed by atoms with Crippen molar-refractivity contribution in [1.82, 2.24) is 9.88 Å². The fraction of sp³-hybridized carbons (Fsp3) is 0.455. The minimum Gasteiger partial charge on any atom is -0.391 e. The summed E-state index contributed by atoms with van der Waals surface area (Å²) in [4.78, 5) is 16.6. The number of hydrogen-bond acceptors (Lipinski definition) is 3. The zero-order chi connectivity index (χ0) is 11.4. The summed E-state index contributed by atoms with van der Waals surface area (Å²) in [6.45, 7) is 4.15. The van der Waals surface area contributed by atoms with Crippen molar-refractivity contribution < 1.29 is 9.53 Å². The van der Waals surface area contributed by atoms with Crippen LogP contribution >= 0.6 is 0 Å². The lowest BCUT2D eigenvalue weighted by Crippen LogP contribution is -2.25. The van der Waals surface area contributed by atoms with Crippen LogP contribution in [0.5, 0.6) is 5.88 Å². The molecule has 0 aliphatic rings. The van der Waals surface area contributed by atoms with Gasteiger partial charge in [-0.15, -0.1) is 0 Å². The smallest absolute Gasteiger partial charge is 0.391 e. The first-order valence-corrected chi connectivity index (χ1v) is 4.85. The number of ether oxygens (including phenoxy) is 1. The summed E-state index contributed by atoms with van der Waals surface area (Å²) >= 11 is 0. The Bertz CT molecular complexity index is 348. The second-order valence-electron chi connectivity index (χ2n) is 3.84. The van der Waals surface area contributed by atoms with E-state index >= 15 is 0 Å². The van der Waals surface area contributed by atoms with Gasteiger partial charge in [0.25, 0.3) is 0 Å². The summed E-state index contributed by atoms with van der Waals surface area (Å²) in [6.07, 6.45) is 1.23. The molecule has 0 N–H and O–H groups in total. The van der Waals surface area contributed by atoms with Gasteiger partial charge < -0.3 is 9.64 Å². The van der Waals surface area contributed by atoms with Crippen molar-refractivity contribution in [3.8, 4) is 5.88 Å². The zero-order valence-corrected chi connectivity index (χ0v) is 9.52. The third-order valence-corrected chi connectivity index (χ3v) is 1.98. The fourth-order valence-electron chi connectivity index (χ4n) is 1.02. The normalized spacial score (nSPS) is 10.2. The number of aromatic nitrogens is 1. The molecule has 82 valence electrons. The largest absolute Gasteiger partial charge is 0.416 e. The van der Waals surface area contributed by atoms with Crippen LogP contribution in [0.15, 0.2) is 18.3 Å². The molecule has 1 aromatic rings. The Labute approximate surface area is 89.9 Å². The Balaban J connectivity index is 2.78. The van der Waals surface area contributed by atoms with Crippen LogP contribution in [-0.2, 0) is 0 Å². The number of hydrogen-bond donors (Lipinski definition) is 0. The molecule has 0 bridgehead atoms. The lowest BCUT2D eigenvalue weighted by atomic mass is 10.1. The lowest BCUT2D eigenvalue weighted by molar-refractivity contribution is 0.170.